The van der Waals surface area contributed by atoms with E-state index in [1.54, 1.807) is 32.6 Å². The Morgan fingerprint density at radius 3 is 2.61 bits per heavy atom. The van der Waals surface area contributed by atoms with Gasteiger partial charge in [-0.3, -0.25) is 9.36 Å². The quantitative estimate of drug-likeness (QED) is 0.182. The van der Waals surface area contributed by atoms with Gasteiger partial charge < -0.3 is 9.47 Å². The normalized spacial score (nSPS) is 11.2. The first kappa shape index (κ1) is 25.4. The number of methoxy groups -OCH3 is 2. The van der Waals surface area contributed by atoms with Crippen molar-refractivity contribution in [2.45, 2.75) is 24.9 Å². The predicted molar refractivity (Wildman–Crippen MR) is 143 cm³/mol. The van der Waals surface area contributed by atoms with Gasteiger partial charge in [0.15, 0.2) is 27.5 Å². The summed E-state index contributed by atoms with van der Waals surface area (Å²) in [7, 11) is 3.14. The maximum Gasteiger partial charge on any atom is 0.250 e. The topological polar surface area (TPSA) is 104 Å². The minimum Gasteiger partial charge on any atom is -0.493 e. The Morgan fingerprint density at radius 1 is 1.14 bits per heavy atom. The number of hydrogen-bond acceptors (Lipinski definition) is 9. The molecule has 4 aromatic rings. The minimum atomic E-state index is -0.266. The van der Waals surface area contributed by atoms with Crippen LogP contribution < -0.4 is 14.9 Å². The van der Waals surface area contributed by atoms with Gasteiger partial charge in [0, 0.05) is 11.1 Å². The molecule has 0 unspecified atom stereocenters. The first-order valence-electron chi connectivity index (χ1n) is 11.1. The number of benzene rings is 2. The number of carbonyl (C=O) groups is 1. The third-order valence-corrected chi connectivity index (χ3v) is 6.88. The summed E-state index contributed by atoms with van der Waals surface area (Å²) in [5.74, 6) is 2.02. The average Bonchev–Trinajstić information content (AvgIpc) is 3.55. The number of thioether (sulfide) groups is 1. The van der Waals surface area contributed by atoms with Gasteiger partial charge in [0.1, 0.15) is 0 Å². The van der Waals surface area contributed by atoms with Crippen molar-refractivity contribution in [2.24, 2.45) is 5.10 Å². The summed E-state index contributed by atoms with van der Waals surface area (Å²) >= 11 is 2.81. The zero-order valence-corrected chi connectivity index (χ0v) is 22.0. The molecule has 2 heterocycles. The Hall–Kier alpha value is -3.70. The number of hydrazone groups is 1. The van der Waals surface area contributed by atoms with E-state index >= 15 is 0 Å². The fraction of sp³-hybridized carbons (Fsp3) is 0.240. The lowest BCUT2D eigenvalue weighted by molar-refractivity contribution is -0.118. The third-order valence-electron chi connectivity index (χ3n) is 5.10. The highest BCUT2D eigenvalue weighted by molar-refractivity contribution is 7.99. The Balaban J connectivity index is 1.47. The average molecular weight is 523 g/mol. The standard InChI is InChI=1S/C25H26N6O3S2/c1-16(2)19-14-35-24(27-19)23-29-30-25(31(23)18-8-6-5-7-9-18)36-15-22(32)28-26-13-17-10-11-20(33-3)21(12-17)34-4/h5-14,16H,15H2,1-4H3,(H,28,32)/b26-13+. The van der Waals surface area contributed by atoms with Gasteiger partial charge in [-0.15, -0.1) is 21.5 Å². The van der Waals surface area contributed by atoms with Crippen LogP contribution in [-0.4, -0.2) is 51.8 Å². The molecule has 0 saturated heterocycles. The van der Waals surface area contributed by atoms with Gasteiger partial charge in [0.2, 0.25) is 0 Å². The van der Waals surface area contributed by atoms with Gasteiger partial charge >= 0.3 is 0 Å². The highest BCUT2D eigenvalue weighted by Gasteiger charge is 2.20. The molecule has 11 heteroatoms. The Morgan fingerprint density at radius 2 is 1.92 bits per heavy atom. The number of aromatic nitrogens is 4. The van der Waals surface area contributed by atoms with Gasteiger partial charge in [0.25, 0.3) is 5.91 Å². The zero-order valence-electron chi connectivity index (χ0n) is 20.3. The fourth-order valence-corrected chi connectivity index (χ4v) is 4.94. The number of thiazole rings is 1. The Bertz CT molecular complexity index is 1350. The molecule has 0 aliphatic heterocycles. The van der Waals surface area contributed by atoms with E-state index in [0.717, 1.165) is 22.0 Å². The first-order chi connectivity index (χ1) is 17.5. The molecule has 186 valence electrons. The van der Waals surface area contributed by atoms with E-state index in [1.807, 2.05) is 46.3 Å². The maximum absolute atomic E-state index is 12.5. The molecule has 0 saturated carbocycles. The van der Waals surface area contributed by atoms with Crippen LogP contribution in [0.1, 0.15) is 31.0 Å². The van der Waals surface area contributed by atoms with Crippen LogP contribution in [-0.2, 0) is 4.79 Å². The molecule has 0 aliphatic carbocycles. The van der Waals surface area contributed by atoms with Gasteiger partial charge in [0.05, 0.1) is 31.9 Å². The molecule has 4 rings (SSSR count). The summed E-state index contributed by atoms with van der Waals surface area (Å²) in [5, 5.41) is 16.2. The summed E-state index contributed by atoms with van der Waals surface area (Å²) in [6, 6.07) is 15.2. The smallest absolute Gasteiger partial charge is 0.250 e. The SMILES string of the molecule is COc1ccc(/C=N/NC(=O)CSc2nnc(-c3nc(C(C)C)cs3)n2-c2ccccc2)cc1OC. The van der Waals surface area contributed by atoms with Gasteiger partial charge in [-0.2, -0.15) is 5.10 Å². The van der Waals surface area contributed by atoms with Crippen LogP contribution in [0.25, 0.3) is 16.5 Å². The van der Waals surface area contributed by atoms with Crippen LogP contribution in [0.5, 0.6) is 11.5 Å². The number of amides is 1. The highest BCUT2D eigenvalue weighted by atomic mass is 32.2. The molecular weight excluding hydrogens is 496 g/mol. The van der Waals surface area contributed by atoms with Gasteiger partial charge in [-0.25, -0.2) is 10.4 Å². The van der Waals surface area contributed by atoms with E-state index in [1.165, 1.54) is 23.1 Å². The summed E-state index contributed by atoms with van der Waals surface area (Å²) in [6.45, 7) is 4.21. The van der Waals surface area contributed by atoms with E-state index in [9.17, 15) is 4.79 Å². The molecule has 0 aliphatic rings. The van der Waals surface area contributed by atoms with Crippen molar-refractivity contribution in [3.63, 3.8) is 0 Å². The van der Waals surface area contributed by atoms with Crippen LogP contribution >= 0.6 is 23.1 Å². The molecule has 2 aromatic heterocycles. The fourth-order valence-electron chi connectivity index (χ4n) is 3.24. The number of hydrogen-bond donors (Lipinski definition) is 1. The molecule has 2 aromatic carbocycles. The molecule has 9 nitrogen and oxygen atoms in total. The summed E-state index contributed by atoms with van der Waals surface area (Å²) in [4.78, 5) is 17.2. The number of nitrogens with zero attached hydrogens (tertiary/aromatic N) is 5. The zero-order chi connectivity index (χ0) is 25.5. The third kappa shape index (κ3) is 5.92. The minimum absolute atomic E-state index is 0.114. The molecule has 36 heavy (non-hydrogen) atoms. The van der Waals surface area contributed by atoms with E-state index in [2.05, 4.69) is 34.6 Å². The van der Waals surface area contributed by atoms with Crippen LogP contribution in [0, 0.1) is 0 Å². The second-order valence-corrected chi connectivity index (χ2v) is 9.71. The number of ether oxygens (including phenoxy) is 2. The monoisotopic (exact) mass is 522 g/mol. The van der Waals surface area contributed by atoms with Crippen LogP contribution in [0.15, 0.2) is 64.2 Å². The number of rotatable bonds is 10. The molecule has 0 fully saturated rings. The Labute approximate surface area is 217 Å². The van der Waals surface area contributed by atoms with Crippen molar-refractivity contribution in [1.29, 1.82) is 0 Å². The van der Waals surface area contributed by atoms with Gasteiger partial charge in [-0.05, 0) is 41.8 Å². The van der Waals surface area contributed by atoms with E-state index in [4.69, 9.17) is 14.5 Å². The molecule has 1 N–H and O–H groups in total. The van der Waals surface area contributed by atoms with Crippen molar-refractivity contribution >= 4 is 35.2 Å². The number of nitrogens with one attached hydrogen (secondary N) is 1. The maximum atomic E-state index is 12.5. The van der Waals surface area contributed by atoms with Crippen LogP contribution in [0.4, 0.5) is 0 Å². The van der Waals surface area contributed by atoms with E-state index < -0.39 is 0 Å². The van der Waals surface area contributed by atoms with E-state index in [-0.39, 0.29) is 11.7 Å². The molecular formula is C25H26N6O3S2. The molecule has 0 bridgehead atoms. The summed E-state index contributed by atoms with van der Waals surface area (Å²) in [5.41, 5.74) is 5.22. The second kappa shape index (κ2) is 11.8. The predicted octanol–water partition coefficient (Wildman–Crippen LogP) is 4.77. The van der Waals surface area contributed by atoms with Crippen LogP contribution in [0.3, 0.4) is 0 Å². The summed E-state index contributed by atoms with van der Waals surface area (Å²) < 4.78 is 12.4. The van der Waals surface area contributed by atoms with Crippen molar-refractivity contribution < 1.29 is 14.3 Å². The number of para-hydroxylation sites is 1. The van der Waals surface area contributed by atoms with Crippen molar-refractivity contribution in [3.05, 3.63) is 65.2 Å². The lowest BCUT2D eigenvalue weighted by Crippen LogP contribution is -2.20. The highest BCUT2D eigenvalue weighted by Crippen LogP contribution is 2.31. The second-order valence-electron chi connectivity index (χ2n) is 7.91. The van der Waals surface area contributed by atoms with Crippen molar-refractivity contribution in [2.75, 3.05) is 20.0 Å². The number of carbonyl (C=O) groups excluding carboxylic acids is 1. The lowest BCUT2D eigenvalue weighted by Gasteiger charge is -2.09. The molecule has 1 amide bonds. The largest absolute Gasteiger partial charge is 0.493 e. The van der Waals surface area contributed by atoms with Crippen LogP contribution in [0.2, 0.25) is 0 Å². The van der Waals surface area contributed by atoms with Crippen molar-refractivity contribution in [3.8, 4) is 28.0 Å². The molecule has 0 spiro atoms. The molecule has 0 atom stereocenters. The lowest BCUT2D eigenvalue weighted by atomic mass is 10.2. The van der Waals surface area contributed by atoms with Gasteiger partial charge in [-0.1, -0.05) is 43.8 Å². The summed E-state index contributed by atoms with van der Waals surface area (Å²) in [6.07, 6.45) is 1.55. The Kier molecular flexibility index (Phi) is 8.34. The molecule has 0 radical (unpaired) electrons. The van der Waals surface area contributed by atoms with E-state index in [0.29, 0.717) is 28.4 Å². The first-order valence-corrected chi connectivity index (χ1v) is 13.0. The van der Waals surface area contributed by atoms with Crippen molar-refractivity contribution in [1.82, 2.24) is 25.2 Å².